The molecule has 1 aliphatic heterocycles. The van der Waals surface area contributed by atoms with Crippen molar-refractivity contribution in [3.63, 3.8) is 0 Å². The fourth-order valence-corrected chi connectivity index (χ4v) is 3.79. The molecule has 3 aromatic rings. The zero-order valence-electron chi connectivity index (χ0n) is 14.0. The molecular formula is C19H18N4OS. The van der Waals surface area contributed by atoms with Gasteiger partial charge in [-0.05, 0) is 36.9 Å². The molecule has 0 radical (unpaired) electrons. The van der Waals surface area contributed by atoms with Crippen LogP contribution in [0.1, 0.15) is 27.3 Å². The maximum absolute atomic E-state index is 12.8. The quantitative estimate of drug-likeness (QED) is 0.712. The van der Waals surface area contributed by atoms with E-state index in [1.165, 1.54) is 5.56 Å². The summed E-state index contributed by atoms with van der Waals surface area (Å²) in [5.41, 5.74) is 5.90. The van der Waals surface area contributed by atoms with Crippen molar-refractivity contribution in [2.75, 3.05) is 13.1 Å². The molecule has 1 amide bonds. The van der Waals surface area contributed by atoms with Crippen LogP contribution in [0, 0.1) is 6.92 Å². The molecule has 0 aromatic carbocycles. The average molecular weight is 350 g/mol. The normalized spacial score (nSPS) is 14.0. The van der Waals surface area contributed by atoms with Crippen LogP contribution in [0.4, 0.5) is 0 Å². The molecule has 0 N–H and O–H groups in total. The Bertz CT molecular complexity index is 890. The van der Waals surface area contributed by atoms with Crippen LogP contribution in [-0.4, -0.2) is 38.8 Å². The van der Waals surface area contributed by atoms with Gasteiger partial charge in [-0.2, -0.15) is 11.3 Å². The molecule has 4 rings (SSSR count). The molecule has 0 unspecified atom stereocenters. The minimum absolute atomic E-state index is 0.0327. The van der Waals surface area contributed by atoms with Gasteiger partial charge in [0.15, 0.2) is 0 Å². The fourth-order valence-electron chi connectivity index (χ4n) is 3.15. The van der Waals surface area contributed by atoms with Gasteiger partial charge >= 0.3 is 0 Å². The summed E-state index contributed by atoms with van der Waals surface area (Å²) in [6.07, 6.45) is 4.81. The molecule has 0 saturated heterocycles. The van der Waals surface area contributed by atoms with Crippen LogP contribution < -0.4 is 0 Å². The molecule has 5 nitrogen and oxygen atoms in total. The number of nitrogens with zero attached hydrogens (tertiary/aromatic N) is 4. The van der Waals surface area contributed by atoms with Crippen molar-refractivity contribution >= 4 is 17.2 Å². The zero-order chi connectivity index (χ0) is 17.2. The summed E-state index contributed by atoms with van der Waals surface area (Å²) in [5, 5.41) is 4.16. The lowest BCUT2D eigenvalue weighted by atomic mass is 10.0. The number of hydrogen-bond donors (Lipinski definition) is 0. The van der Waals surface area contributed by atoms with E-state index in [1.807, 2.05) is 24.0 Å². The molecule has 126 valence electrons. The molecule has 0 bridgehead atoms. The Kier molecular flexibility index (Phi) is 4.28. The molecule has 0 saturated carbocycles. The molecule has 1 aliphatic rings. The number of carbonyl (C=O) groups is 1. The maximum atomic E-state index is 12.8. The van der Waals surface area contributed by atoms with Crippen molar-refractivity contribution in [2.45, 2.75) is 19.8 Å². The number of rotatable bonds is 2. The zero-order valence-corrected chi connectivity index (χ0v) is 14.8. The number of aryl methyl sites for hydroxylation is 1. The Balaban J connectivity index is 1.59. The number of hydrogen-bond acceptors (Lipinski definition) is 5. The number of carbonyl (C=O) groups excluding carboxylic acids is 1. The number of aromatic nitrogens is 3. The first-order chi connectivity index (χ1) is 12.2. The van der Waals surface area contributed by atoms with E-state index in [2.05, 4.69) is 31.8 Å². The average Bonchev–Trinajstić information content (AvgIpc) is 3.08. The van der Waals surface area contributed by atoms with Gasteiger partial charge in [-0.15, -0.1) is 0 Å². The van der Waals surface area contributed by atoms with E-state index in [-0.39, 0.29) is 5.91 Å². The third-order valence-electron chi connectivity index (χ3n) is 4.52. The van der Waals surface area contributed by atoms with E-state index in [9.17, 15) is 4.79 Å². The van der Waals surface area contributed by atoms with E-state index < -0.39 is 0 Å². The van der Waals surface area contributed by atoms with Crippen LogP contribution in [0.2, 0.25) is 0 Å². The fraction of sp³-hybridized carbons (Fsp3) is 0.263. The summed E-state index contributed by atoms with van der Waals surface area (Å²) in [6, 6.07) is 5.80. The first kappa shape index (κ1) is 15.9. The van der Waals surface area contributed by atoms with Gasteiger partial charge in [0.1, 0.15) is 6.33 Å². The largest absolute Gasteiger partial charge is 0.338 e. The number of pyridine rings is 1. The van der Waals surface area contributed by atoms with Crippen LogP contribution in [0.3, 0.4) is 0 Å². The van der Waals surface area contributed by atoms with Crippen LogP contribution in [-0.2, 0) is 12.8 Å². The lowest BCUT2D eigenvalue weighted by Crippen LogP contribution is -2.33. The highest BCUT2D eigenvalue weighted by Gasteiger charge is 2.23. The smallest absolute Gasteiger partial charge is 0.255 e. The highest BCUT2D eigenvalue weighted by atomic mass is 32.1. The molecule has 25 heavy (non-hydrogen) atoms. The number of fused-ring (bicyclic) bond motifs is 1. The molecule has 0 atom stereocenters. The number of thiophene rings is 1. The van der Waals surface area contributed by atoms with Crippen LogP contribution in [0.15, 0.2) is 41.5 Å². The maximum Gasteiger partial charge on any atom is 0.255 e. The Morgan fingerprint density at radius 2 is 2.00 bits per heavy atom. The van der Waals surface area contributed by atoms with Crippen molar-refractivity contribution < 1.29 is 4.79 Å². The van der Waals surface area contributed by atoms with Crippen LogP contribution >= 0.6 is 11.3 Å². The third-order valence-corrected chi connectivity index (χ3v) is 5.21. The predicted molar refractivity (Wildman–Crippen MR) is 97.6 cm³/mol. The molecule has 0 fully saturated rings. The summed E-state index contributed by atoms with van der Waals surface area (Å²) in [4.78, 5) is 27.9. The van der Waals surface area contributed by atoms with E-state index in [1.54, 1.807) is 23.9 Å². The highest BCUT2D eigenvalue weighted by Crippen LogP contribution is 2.27. The second-order valence-electron chi connectivity index (χ2n) is 6.14. The van der Waals surface area contributed by atoms with Gasteiger partial charge in [0, 0.05) is 53.6 Å². The minimum atomic E-state index is 0.0327. The summed E-state index contributed by atoms with van der Waals surface area (Å²) >= 11 is 1.66. The summed E-state index contributed by atoms with van der Waals surface area (Å²) in [7, 11) is 0. The Labute approximate surface area is 150 Å². The lowest BCUT2D eigenvalue weighted by molar-refractivity contribution is 0.0762. The van der Waals surface area contributed by atoms with E-state index >= 15 is 0 Å². The lowest BCUT2D eigenvalue weighted by Gasteiger charge is -2.20. The van der Waals surface area contributed by atoms with Gasteiger partial charge in [0.05, 0.1) is 11.3 Å². The predicted octanol–water partition coefficient (Wildman–Crippen LogP) is 3.15. The second kappa shape index (κ2) is 6.72. The van der Waals surface area contributed by atoms with Crippen LogP contribution in [0.5, 0.6) is 0 Å². The van der Waals surface area contributed by atoms with Gasteiger partial charge in [0.2, 0.25) is 0 Å². The van der Waals surface area contributed by atoms with E-state index in [4.69, 9.17) is 0 Å². The molecule has 0 aliphatic carbocycles. The van der Waals surface area contributed by atoms with Gasteiger partial charge in [-0.3, -0.25) is 9.78 Å². The standard InChI is InChI=1S/C19H18N4OS/c1-13-2-3-14(10-20-13)19(24)23-7-4-16-17(5-8-23)21-12-22-18(16)15-6-9-25-11-15/h2-3,6,9-12H,4-5,7-8H2,1H3. The first-order valence-electron chi connectivity index (χ1n) is 8.29. The second-order valence-corrected chi connectivity index (χ2v) is 6.92. The van der Waals surface area contributed by atoms with Gasteiger partial charge in [0.25, 0.3) is 5.91 Å². The third kappa shape index (κ3) is 3.17. The molecule has 3 aromatic heterocycles. The SMILES string of the molecule is Cc1ccc(C(=O)N2CCc3ncnc(-c4ccsc4)c3CC2)cn1. The van der Waals surface area contributed by atoms with Crippen molar-refractivity contribution in [1.29, 1.82) is 0 Å². The van der Waals surface area contributed by atoms with E-state index in [0.29, 0.717) is 18.7 Å². The van der Waals surface area contributed by atoms with Crippen LogP contribution in [0.25, 0.3) is 11.3 Å². The molecular weight excluding hydrogens is 332 g/mol. The van der Waals surface area contributed by atoms with Crippen molar-refractivity contribution in [1.82, 2.24) is 19.9 Å². The van der Waals surface area contributed by atoms with Crippen molar-refractivity contribution in [3.8, 4) is 11.3 Å². The molecule has 4 heterocycles. The topological polar surface area (TPSA) is 59.0 Å². The highest BCUT2D eigenvalue weighted by molar-refractivity contribution is 7.08. The van der Waals surface area contributed by atoms with Crippen molar-refractivity contribution in [2.24, 2.45) is 0 Å². The van der Waals surface area contributed by atoms with Crippen molar-refractivity contribution in [3.05, 3.63) is 64.0 Å². The summed E-state index contributed by atoms with van der Waals surface area (Å²) in [6.45, 7) is 3.26. The minimum Gasteiger partial charge on any atom is -0.338 e. The summed E-state index contributed by atoms with van der Waals surface area (Å²) in [5.74, 6) is 0.0327. The van der Waals surface area contributed by atoms with E-state index in [0.717, 1.165) is 35.5 Å². The molecule has 0 spiro atoms. The first-order valence-corrected chi connectivity index (χ1v) is 9.24. The van der Waals surface area contributed by atoms with Gasteiger partial charge in [-0.1, -0.05) is 0 Å². The number of amides is 1. The van der Waals surface area contributed by atoms with Gasteiger partial charge < -0.3 is 4.90 Å². The summed E-state index contributed by atoms with van der Waals surface area (Å²) < 4.78 is 0. The Hall–Kier alpha value is -2.60. The van der Waals surface area contributed by atoms with Gasteiger partial charge in [-0.25, -0.2) is 9.97 Å². The molecule has 6 heteroatoms. The monoisotopic (exact) mass is 350 g/mol. The Morgan fingerprint density at radius 1 is 1.12 bits per heavy atom. The Morgan fingerprint density at radius 3 is 2.76 bits per heavy atom.